The predicted molar refractivity (Wildman–Crippen MR) is 129 cm³/mol. The van der Waals surface area contributed by atoms with Crippen molar-refractivity contribution < 1.29 is 14.6 Å². The predicted octanol–water partition coefficient (Wildman–Crippen LogP) is 5.79. The maximum absolute atomic E-state index is 10.1. The minimum Gasteiger partial charge on any atom is -0.508 e. The van der Waals surface area contributed by atoms with Gasteiger partial charge in [0.25, 0.3) is 0 Å². The molecule has 1 N–H and O–H groups in total. The Morgan fingerprint density at radius 2 is 2.19 bits per heavy atom. The molecule has 0 aliphatic carbocycles. The van der Waals surface area contributed by atoms with Crippen molar-refractivity contribution in [2.45, 2.75) is 32.7 Å². The average molecular weight is 445 g/mol. The van der Waals surface area contributed by atoms with E-state index in [1.54, 1.807) is 7.11 Å². The lowest BCUT2D eigenvalue weighted by molar-refractivity contribution is 0.190. The monoisotopic (exact) mass is 444 g/mol. The van der Waals surface area contributed by atoms with Crippen LogP contribution in [0, 0.1) is 5.92 Å². The first-order chi connectivity index (χ1) is 14.8. The lowest BCUT2D eigenvalue weighted by Crippen LogP contribution is -2.39. The minimum atomic E-state index is 0.0809. The van der Waals surface area contributed by atoms with Crippen LogP contribution in [0.2, 0.25) is 5.02 Å². The van der Waals surface area contributed by atoms with E-state index < -0.39 is 0 Å². The van der Waals surface area contributed by atoms with Gasteiger partial charge in [0.15, 0.2) is 0 Å². The second kappa shape index (κ2) is 9.84. The van der Waals surface area contributed by atoms with Gasteiger partial charge in [0.1, 0.15) is 18.1 Å². The number of rotatable bonds is 8. The largest absolute Gasteiger partial charge is 0.508 e. The number of aliphatic hydroxyl groups excluding tert-OH is 1. The Bertz CT molecular complexity index is 920. The number of fused-ring (bicyclic) bond motifs is 3. The van der Waals surface area contributed by atoms with Crippen LogP contribution in [-0.4, -0.2) is 50.0 Å². The van der Waals surface area contributed by atoms with Crippen LogP contribution in [0.25, 0.3) is 5.70 Å². The third-order valence-corrected chi connectivity index (χ3v) is 6.25. The number of ether oxygens (including phenoxy) is 2. The van der Waals surface area contributed by atoms with Crippen molar-refractivity contribution in [3.63, 3.8) is 0 Å². The molecule has 0 spiro atoms. The first kappa shape index (κ1) is 23.3. The van der Waals surface area contributed by atoms with E-state index in [4.69, 9.17) is 21.1 Å². The molecule has 0 aromatic heterocycles. The van der Waals surface area contributed by atoms with Crippen LogP contribution >= 0.6 is 11.6 Å². The van der Waals surface area contributed by atoms with Crippen LogP contribution in [0.15, 0.2) is 54.5 Å². The van der Waals surface area contributed by atoms with Gasteiger partial charge in [-0.05, 0) is 24.0 Å². The summed E-state index contributed by atoms with van der Waals surface area (Å²) in [6.45, 7) is 14.2. The summed E-state index contributed by atoms with van der Waals surface area (Å²) in [5.41, 5.74) is 4.70. The number of anilines is 1. The molecule has 6 heteroatoms. The molecular formula is C25H33ClN2O3. The quantitative estimate of drug-likeness (QED) is 0.406. The third-order valence-electron chi connectivity index (χ3n) is 5.95. The van der Waals surface area contributed by atoms with Gasteiger partial charge in [-0.3, -0.25) is 0 Å². The van der Waals surface area contributed by atoms with Crippen LogP contribution in [0.3, 0.4) is 0 Å². The zero-order chi connectivity index (χ0) is 22.7. The lowest BCUT2D eigenvalue weighted by Gasteiger charge is -2.37. The van der Waals surface area contributed by atoms with Crippen molar-refractivity contribution in [1.29, 1.82) is 0 Å². The van der Waals surface area contributed by atoms with E-state index in [2.05, 4.69) is 36.8 Å². The topological polar surface area (TPSA) is 45.2 Å². The molecule has 0 bridgehead atoms. The molecule has 1 aromatic carbocycles. The Kier molecular flexibility index (Phi) is 7.39. The second-order valence-electron chi connectivity index (χ2n) is 8.45. The standard InChI is InChI=1S/C25H33ClN2O3/c1-7-18-11-19(17(4)29)14-28-23(16(2)3)15-31-24-13-22(27(5)9-8-10-30-6)21(26)12-20(24)25(18)28/h7,12-14,16,23,29H,1,4,8-11,15H2,2-3,5-6H3/t23-/m0/s1. The normalized spacial score (nSPS) is 18.1. The number of benzene rings is 1. The molecule has 0 fully saturated rings. The SMILES string of the molecule is C=CC1=C2c3cc(Cl)c(N(C)CCCOC)cc3OC[C@@H](C(C)C)N2C=C(C(=C)O)C1. The van der Waals surface area contributed by atoms with E-state index in [1.807, 2.05) is 31.5 Å². The Labute approximate surface area is 190 Å². The smallest absolute Gasteiger partial charge is 0.130 e. The Hall–Kier alpha value is -2.37. The molecule has 0 saturated heterocycles. The van der Waals surface area contributed by atoms with Gasteiger partial charge >= 0.3 is 0 Å². The van der Waals surface area contributed by atoms with Gasteiger partial charge in [-0.25, -0.2) is 0 Å². The summed E-state index contributed by atoms with van der Waals surface area (Å²) in [6.07, 6.45) is 5.32. The highest BCUT2D eigenvalue weighted by molar-refractivity contribution is 6.33. The number of nitrogens with zero attached hydrogens (tertiary/aromatic N) is 2. The Morgan fingerprint density at radius 1 is 1.45 bits per heavy atom. The number of hydrogen-bond acceptors (Lipinski definition) is 5. The maximum Gasteiger partial charge on any atom is 0.130 e. The third kappa shape index (κ3) is 4.78. The van der Waals surface area contributed by atoms with Crippen LogP contribution in [0.4, 0.5) is 5.69 Å². The molecule has 168 valence electrons. The fraction of sp³-hybridized carbons (Fsp3) is 0.440. The van der Waals surface area contributed by atoms with Crippen molar-refractivity contribution in [1.82, 2.24) is 4.90 Å². The van der Waals surface area contributed by atoms with Crippen LogP contribution in [-0.2, 0) is 4.74 Å². The van der Waals surface area contributed by atoms with Crippen LogP contribution in [0.5, 0.6) is 5.75 Å². The summed E-state index contributed by atoms with van der Waals surface area (Å²) >= 11 is 6.76. The number of halogens is 1. The first-order valence-electron chi connectivity index (χ1n) is 10.7. The van der Waals surface area contributed by atoms with E-state index in [9.17, 15) is 5.11 Å². The summed E-state index contributed by atoms with van der Waals surface area (Å²) in [5, 5.41) is 10.8. The fourth-order valence-corrected chi connectivity index (χ4v) is 4.44. The summed E-state index contributed by atoms with van der Waals surface area (Å²) in [6, 6.07) is 4.11. The van der Waals surface area contributed by atoms with E-state index in [-0.39, 0.29) is 11.8 Å². The van der Waals surface area contributed by atoms with Crippen LogP contribution < -0.4 is 9.64 Å². The van der Waals surface area contributed by atoms with Gasteiger partial charge in [-0.1, -0.05) is 44.7 Å². The Balaban J connectivity index is 2.10. The minimum absolute atomic E-state index is 0.0809. The van der Waals surface area contributed by atoms with Gasteiger partial charge in [0.2, 0.25) is 0 Å². The van der Waals surface area contributed by atoms with E-state index in [0.29, 0.717) is 30.6 Å². The number of aliphatic hydroxyl groups is 1. The van der Waals surface area contributed by atoms with Gasteiger partial charge in [0, 0.05) is 57.1 Å². The van der Waals surface area contributed by atoms with Gasteiger partial charge in [-0.15, -0.1) is 0 Å². The highest BCUT2D eigenvalue weighted by atomic mass is 35.5. The van der Waals surface area contributed by atoms with E-state index >= 15 is 0 Å². The van der Waals surface area contributed by atoms with Gasteiger partial charge in [0.05, 0.1) is 22.4 Å². The molecule has 2 aliphatic rings. The molecule has 2 heterocycles. The first-order valence-corrected chi connectivity index (χ1v) is 11.1. The fourth-order valence-electron chi connectivity index (χ4n) is 4.13. The average Bonchev–Trinajstić information content (AvgIpc) is 2.89. The highest BCUT2D eigenvalue weighted by Crippen LogP contribution is 2.45. The summed E-state index contributed by atoms with van der Waals surface area (Å²) in [4.78, 5) is 4.33. The van der Waals surface area contributed by atoms with Crippen molar-refractivity contribution in [3.05, 3.63) is 65.1 Å². The van der Waals surface area contributed by atoms with Crippen LogP contribution in [0.1, 0.15) is 32.3 Å². The molecule has 0 radical (unpaired) electrons. The number of hydrogen-bond donors (Lipinski definition) is 1. The maximum atomic E-state index is 10.1. The molecule has 1 aromatic rings. The summed E-state index contributed by atoms with van der Waals surface area (Å²) < 4.78 is 11.5. The second-order valence-corrected chi connectivity index (χ2v) is 8.86. The molecule has 5 nitrogen and oxygen atoms in total. The van der Waals surface area contributed by atoms with Crippen molar-refractivity contribution in [2.24, 2.45) is 5.92 Å². The molecule has 31 heavy (non-hydrogen) atoms. The van der Waals surface area contributed by atoms with Crippen molar-refractivity contribution in [3.8, 4) is 5.75 Å². The molecule has 2 aliphatic heterocycles. The van der Waals surface area contributed by atoms with Crippen molar-refractivity contribution in [2.75, 3.05) is 38.8 Å². The lowest BCUT2D eigenvalue weighted by atomic mass is 9.92. The van der Waals surface area contributed by atoms with E-state index in [1.165, 1.54) is 0 Å². The molecular weight excluding hydrogens is 412 g/mol. The van der Waals surface area contributed by atoms with E-state index in [0.717, 1.165) is 46.8 Å². The number of allylic oxidation sites excluding steroid dienone is 3. The molecule has 0 amide bonds. The molecule has 3 rings (SSSR count). The highest BCUT2D eigenvalue weighted by Gasteiger charge is 2.34. The zero-order valence-corrected chi connectivity index (χ0v) is 19.7. The molecule has 0 unspecified atom stereocenters. The summed E-state index contributed by atoms with van der Waals surface area (Å²) in [5.74, 6) is 1.21. The van der Waals surface area contributed by atoms with Gasteiger partial charge < -0.3 is 24.4 Å². The molecule has 1 atom stereocenters. The van der Waals surface area contributed by atoms with Gasteiger partial charge in [-0.2, -0.15) is 0 Å². The summed E-state index contributed by atoms with van der Waals surface area (Å²) in [7, 11) is 3.74. The zero-order valence-electron chi connectivity index (χ0n) is 18.9. The number of methoxy groups -OCH3 is 1. The molecule has 0 saturated carbocycles. The van der Waals surface area contributed by atoms with Crippen molar-refractivity contribution >= 4 is 23.0 Å². The Morgan fingerprint density at radius 3 is 2.81 bits per heavy atom.